The first kappa shape index (κ1) is 12.6. The van der Waals surface area contributed by atoms with Crippen molar-refractivity contribution in [1.29, 1.82) is 0 Å². The normalized spacial score (nSPS) is 20.7. The van der Waals surface area contributed by atoms with Gasteiger partial charge in [-0.15, -0.1) is 0 Å². The number of likely N-dealkylation sites (N-methyl/N-ethyl adjacent to an activating group) is 1. The standard InChI is InChI=1S/C13H22N6/c1-9-11(17-14)15-12(10-3-4-10)16-13(9)19-7-5-18(2)6-8-19/h10H,3-8,14H2,1-2H3,(H,15,16,17). The van der Waals surface area contributed by atoms with E-state index in [0.29, 0.717) is 5.92 Å². The molecule has 3 rings (SSSR count). The Balaban J connectivity index is 1.92. The molecule has 1 saturated carbocycles. The van der Waals surface area contributed by atoms with Crippen LogP contribution in [0.4, 0.5) is 11.6 Å². The first-order valence-corrected chi connectivity index (χ1v) is 6.97. The molecule has 0 unspecified atom stereocenters. The highest BCUT2D eigenvalue weighted by Gasteiger charge is 2.29. The number of nitrogens with zero attached hydrogens (tertiary/aromatic N) is 4. The highest BCUT2D eigenvalue weighted by molar-refractivity contribution is 5.58. The number of aromatic nitrogens is 2. The molecule has 3 N–H and O–H groups in total. The minimum absolute atomic E-state index is 0.541. The van der Waals surface area contributed by atoms with E-state index >= 15 is 0 Å². The van der Waals surface area contributed by atoms with Gasteiger partial charge in [0.05, 0.1) is 0 Å². The number of hydrogen-bond acceptors (Lipinski definition) is 6. The van der Waals surface area contributed by atoms with Gasteiger partial charge in [0, 0.05) is 37.7 Å². The van der Waals surface area contributed by atoms with Crippen LogP contribution in [0.1, 0.15) is 30.1 Å². The van der Waals surface area contributed by atoms with Gasteiger partial charge in [-0.1, -0.05) is 0 Å². The molecule has 19 heavy (non-hydrogen) atoms. The van der Waals surface area contributed by atoms with Crippen molar-refractivity contribution in [2.24, 2.45) is 5.84 Å². The summed E-state index contributed by atoms with van der Waals surface area (Å²) in [5, 5.41) is 0. The molecule has 2 heterocycles. The SMILES string of the molecule is Cc1c(NN)nc(C2CC2)nc1N1CCN(C)CC1. The Hall–Kier alpha value is -1.40. The molecule has 6 heteroatoms. The van der Waals surface area contributed by atoms with Crippen molar-refractivity contribution >= 4 is 11.6 Å². The molecule has 1 aromatic heterocycles. The molecular weight excluding hydrogens is 240 g/mol. The number of hydrogen-bond donors (Lipinski definition) is 2. The number of anilines is 2. The van der Waals surface area contributed by atoms with E-state index in [0.717, 1.165) is 49.2 Å². The Labute approximate surface area is 114 Å². The number of nitrogens with one attached hydrogen (secondary N) is 1. The Kier molecular flexibility index (Phi) is 3.28. The van der Waals surface area contributed by atoms with Crippen molar-refractivity contribution in [2.45, 2.75) is 25.7 Å². The smallest absolute Gasteiger partial charge is 0.148 e. The Bertz CT molecular complexity index is 462. The van der Waals surface area contributed by atoms with E-state index in [4.69, 9.17) is 10.8 Å². The maximum absolute atomic E-state index is 5.59. The van der Waals surface area contributed by atoms with Gasteiger partial charge < -0.3 is 15.2 Å². The van der Waals surface area contributed by atoms with Gasteiger partial charge in [-0.25, -0.2) is 15.8 Å². The highest BCUT2D eigenvalue weighted by atomic mass is 15.3. The van der Waals surface area contributed by atoms with Gasteiger partial charge in [0.15, 0.2) is 0 Å². The minimum atomic E-state index is 0.541. The van der Waals surface area contributed by atoms with Crippen LogP contribution < -0.4 is 16.2 Å². The summed E-state index contributed by atoms with van der Waals surface area (Å²) < 4.78 is 0. The lowest BCUT2D eigenvalue weighted by atomic mass is 10.2. The van der Waals surface area contributed by atoms with Crippen LogP contribution in [-0.4, -0.2) is 48.1 Å². The maximum Gasteiger partial charge on any atom is 0.148 e. The fraction of sp³-hybridized carbons (Fsp3) is 0.692. The second-order valence-electron chi connectivity index (χ2n) is 5.59. The van der Waals surface area contributed by atoms with Crippen molar-refractivity contribution in [2.75, 3.05) is 43.6 Å². The third-order valence-electron chi connectivity index (χ3n) is 4.02. The van der Waals surface area contributed by atoms with E-state index in [9.17, 15) is 0 Å². The molecule has 2 fully saturated rings. The van der Waals surface area contributed by atoms with Crippen LogP contribution in [0.2, 0.25) is 0 Å². The molecule has 0 atom stereocenters. The largest absolute Gasteiger partial charge is 0.354 e. The molecule has 104 valence electrons. The average molecular weight is 262 g/mol. The number of rotatable bonds is 3. The molecular formula is C13H22N6. The summed E-state index contributed by atoms with van der Waals surface area (Å²) in [6, 6.07) is 0. The Morgan fingerprint density at radius 3 is 2.42 bits per heavy atom. The molecule has 1 aromatic rings. The zero-order valence-electron chi connectivity index (χ0n) is 11.7. The molecule has 2 aliphatic rings. The van der Waals surface area contributed by atoms with E-state index in [1.54, 1.807) is 0 Å². The second kappa shape index (κ2) is 4.94. The van der Waals surface area contributed by atoms with Crippen LogP contribution in [0.3, 0.4) is 0 Å². The number of nitrogen functional groups attached to an aromatic ring is 1. The summed E-state index contributed by atoms with van der Waals surface area (Å²) >= 11 is 0. The van der Waals surface area contributed by atoms with Crippen LogP contribution in [-0.2, 0) is 0 Å². The average Bonchev–Trinajstić information content (AvgIpc) is 3.25. The van der Waals surface area contributed by atoms with E-state index in [1.165, 1.54) is 12.8 Å². The molecule has 1 saturated heterocycles. The Morgan fingerprint density at radius 1 is 1.16 bits per heavy atom. The molecule has 0 radical (unpaired) electrons. The van der Waals surface area contributed by atoms with Crippen LogP contribution in [0.25, 0.3) is 0 Å². The minimum Gasteiger partial charge on any atom is -0.354 e. The quantitative estimate of drug-likeness (QED) is 0.617. The van der Waals surface area contributed by atoms with E-state index in [2.05, 4.69) is 27.3 Å². The van der Waals surface area contributed by atoms with Gasteiger partial charge in [0.25, 0.3) is 0 Å². The van der Waals surface area contributed by atoms with E-state index < -0.39 is 0 Å². The summed E-state index contributed by atoms with van der Waals surface area (Å²) in [4.78, 5) is 14.0. The van der Waals surface area contributed by atoms with Gasteiger partial charge in [-0.2, -0.15) is 0 Å². The zero-order chi connectivity index (χ0) is 13.4. The monoisotopic (exact) mass is 262 g/mol. The zero-order valence-corrected chi connectivity index (χ0v) is 11.7. The molecule has 0 bridgehead atoms. The first-order valence-electron chi connectivity index (χ1n) is 6.97. The van der Waals surface area contributed by atoms with Crippen molar-refractivity contribution in [3.05, 3.63) is 11.4 Å². The summed E-state index contributed by atoms with van der Waals surface area (Å²) in [6.07, 6.45) is 2.41. The lowest BCUT2D eigenvalue weighted by Gasteiger charge is -2.34. The third kappa shape index (κ3) is 2.50. The molecule has 0 spiro atoms. The van der Waals surface area contributed by atoms with Crippen molar-refractivity contribution in [3.8, 4) is 0 Å². The van der Waals surface area contributed by atoms with Crippen LogP contribution in [0.15, 0.2) is 0 Å². The predicted octanol–water partition coefficient (Wildman–Crippen LogP) is 0.700. The molecule has 1 aliphatic heterocycles. The van der Waals surface area contributed by atoms with Gasteiger partial charge in [-0.05, 0) is 26.8 Å². The summed E-state index contributed by atoms with van der Waals surface area (Å²) in [7, 11) is 2.16. The molecule has 0 aromatic carbocycles. The fourth-order valence-electron chi connectivity index (χ4n) is 2.51. The lowest BCUT2D eigenvalue weighted by Crippen LogP contribution is -2.45. The first-order chi connectivity index (χ1) is 9.19. The number of hydrazine groups is 1. The topological polar surface area (TPSA) is 70.3 Å². The maximum atomic E-state index is 5.59. The summed E-state index contributed by atoms with van der Waals surface area (Å²) in [6.45, 7) is 6.23. The van der Waals surface area contributed by atoms with Gasteiger partial charge in [-0.3, -0.25) is 0 Å². The van der Waals surface area contributed by atoms with Crippen LogP contribution in [0.5, 0.6) is 0 Å². The third-order valence-corrected chi connectivity index (χ3v) is 4.02. The van der Waals surface area contributed by atoms with Crippen molar-refractivity contribution in [1.82, 2.24) is 14.9 Å². The van der Waals surface area contributed by atoms with Gasteiger partial charge in [0.1, 0.15) is 17.5 Å². The second-order valence-corrected chi connectivity index (χ2v) is 5.59. The van der Waals surface area contributed by atoms with Crippen molar-refractivity contribution in [3.63, 3.8) is 0 Å². The van der Waals surface area contributed by atoms with Crippen LogP contribution >= 0.6 is 0 Å². The van der Waals surface area contributed by atoms with E-state index in [-0.39, 0.29) is 0 Å². The van der Waals surface area contributed by atoms with Gasteiger partial charge >= 0.3 is 0 Å². The highest BCUT2D eigenvalue weighted by Crippen LogP contribution is 2.40. The van der Waals surface area contributed by atoms with E-state index in [1.807, 2.05) is 6.92 Å². The molecule has 1 aliphatic carbocycles. The molecule has 6 nitrogen and oxygen atoms in total. The number of nitrogens with two attached hydrogens (primary N) is 1. The molecule has 0 amide bonds. The number of piperazine rings is 1. The lowest BCUT2D eigenvalue weighted by molar-refractivity contribution is 0.312. The van der Waals surface area contributed by atoms with Crippen LogP contribution in [0, 0.1) is 6.92 Å². The van der Waals surface area contributed by atoms with Gasteiger partial charge in [0.2, 0.25) is 0 Å². The summed E-state index contributed by atoms with van der Waals surface area (Å²) in [5.41, 5.74) is 3.77. The van der Waals surface area contributed by atoms with Crippen molar-refractivity contribution < 1.29 is 0 Å². The Morgan fingerprint density at radius 2 is 1.84 bits per heavy atom. The predicted molar refractivity (Wildman–Crippen MR) is 76.3 cm³/mol. The fourth-order valence-corrected chi connectivity index (χ4v) is 2.51. The summed E-state index contributed by atoms with van der Waals surface area (Å²) in [5.74, 6) is 8.91.